The highest BCUT2D eigenvalue weighted by molar-refractivity contribution is 9.10. The van der Waals surface area contributed by atoms with Gasteiger partial charge in [-0.05, 0) is 40.4 Å². The van der Waals surface area contributed by atoms with Gasteiger partial charge >= 0.3 is 0 Å². The number of rotatable bonds is 5. The Morgan fingerprint density at radius 2 is 2.20 bits per heavy atom. The average Bonchev–Trinajstić information content (AvgIpc) is 2.17. The molecule has 1 aromatic rings. The van der Waals surface area contributed by atoms with Crippen LogP contribution in [-0.2, 0) is 0 Å². The zero-order valence-corrected chi connectivity index (χ0v) is 10.8. The van der Waals surface area contributed by atoms with Crippen molar-refractivity contribution in [3.63, 3.8) is 0 Å². The zero-order chi connectivity index (χ0) is 11.3. The summed E-state index contributed by atoms with van der Waals surface area (Å²) in [4.78, 5) is 0. The normalized spacial score (nSPS) is 12.5. The molecule has 15 heavy (non-hydrogen) atoms. The highest BCUT2D eigenvalue weighted by Gasteiger charge is 2.07. The van der Waals surface area contributed by atoms with Gasteiger partial charge in [-0.2, -0.15) is 0 Å². The monoisotopic (exact) mass is 273 g/mol. The minimum atomic E-state index is -0.201. The Balaban J connectivity index is 2.57. The smallest absolute Gasteiger partial charge is 0.147 e. The van der Waals surface area contributed by atoms with Crippen molar-refractivity contribution in [2.45, 2.75) is 26.7 Å². The van der Waals surface area contributed by atoms with Crippen molar-refractivity contribution < 1.29 is 4.39 Å². The van der Waals surface area contributed by atoms with Gasteiger partial charge in [-0.15, -0.1) is 0 Å². The van der Waals surface area contributed by atoms with Gasteiger partial charge in [0.1, 0.15) is 5.82 Å². The molecule has 1 aromatic carbocycles. The Bertz CT molecular complexity index is 294. The number of halogens is 2. The fourth-order valence-electron chi connectivity index (χ4n) is 1.54. The van der Waals surface area contributed by atoms with Crippen molar-refractivity contribution in [3.05, 3.63) is 28.5 Å². The van der Waals surface area contributed by atoms with Crippen LogP contribution in [0.5, 0.6) is 0 Å². The van der Waals surface area contributed by atoms with E-state index in [1.165, 1.54) is 18.9 Å². The van der Waals surface area contributed by atoms with Crippen LogP contribution in [-0.4, -0.2) is 6.54 Å². The Morgan fingerprint density at radius 1 is 1.47 bits per heavy atom. The summed E-state index contributed by atoms with van der Waals surface area (Å²) in [6, 6.07) is 5.01. The maximum Gasteiger partial charge on any atom is 0.147 e. The minimum Gasteiger partial charge on any atom is -0.381 e. The number of benzene rings is 1. The van der Waals surface area contributed by atoms with E-state index in [9.17, 15) is 4.39 Å². The summed E-state index contributed by atoms with van der Waals surface area (Å²) < 4.78 is 14.2. The molecule has 0 aliphatic carbocycles. The van der Waals surface area contributed by atoms with Gasteiger partial charge in [-0.3, -0.25) is 0 Å². The van der Waals surface area contributed by atoms with Crippen LogP contribution >= 0.6 is 15.9 Å². The Labute approximate surface area is 99.2 Å². The molecule has 0 saturated carbocycles. The standard InChI is InChI=1S/C12H17BrFN/c1-3-5-9(2)8-15-12-10(13)6-4-7-11(12)14/h4,6-7,9,15H,3,5,8H2,1-2H3. The third-order valence-corrected chi connectivity index (χ3v) is 3.03. The summed E-state index contributed by atoms with van der Waals surface area (Å²) in [7, 11) is 0. The first-order valence-electron chi connectivity index (χ1n) is 5.33. The van der Waals surface area contributed by atoms with Crippen molar-refractivity contribution >= 4 is 21.6 Å². The molecular weight excluding hydrogens is 257 g/mol. The molecule has 0 spiro atoms. The lowest BCUT2D eigenvalue weighted by Gasteiger charge is -2.14. The van der Waals surface area contributed by atoms with Crippen LogP contribution in [0.4, 0.5) is 10.1 Å². The molecule has 84 valence electrons. The van der Waals surface area contributed by atoms with Gasteiger partial charge < -0.3 is 5.32 Å². The molecule has 0 amide bonds. The molecule has 1 N–H and O–H groups in total. The first-order valence-corrected chi connectivity index (χ1v) is 6.12. The molecule has 0 radical (unpaired) electrons. The number of para-hydroxylation sites is 1. The molecule has 0 heterocycles. The van der Waals surface area contributed by atoms with E-state index in [1.54, 1.807) is 6.07 Å². The second kappa shape index (κ2) is 6.11. The van der Waals surface area contributed by atoms with Gasteiger partial charge in [0.15, 0.2) is 0 Å². The van der Waals surface area contributed by atoms with E-state index < -0.39 is 0 Å². The van der Waals surface area contributed by atoms with E-state index in [1.807, 2.05) is 6.07 Å². The molecule has 1 atom stereocenters. The lowest BCUT2D eigenvalue weighted by atomic mass is 10.1. The average molecular weight is 274 g/mol. The van der Waals surface area contributed by atoms with Crippen molar-refractivity contribution in [2.75, 3.05) is 11.9 Å². The molecule has 1 unspecified atom stereocenters. The van der Waals surface area contributed by atoms with Crippen LogP contribution in [0.1, 0.15) is 26.7 Å². The van der Waals surface area contributed by atoms with Crippen LogP contribution in [0, 0.1) is 11.7 Å². The summed E-state index contributed by atoms with van der Waals surface area (Å²) in [6.07, 6.45) is 2.33. The summed E-state index contributed by atoms with van der Waals surface area (Å²) in [5.41, 5.74) is 0.570. The molecule has 1 rings (SSSR count). The van der Waals surface area contributed by atoms with Crippen molar-refractivity contribution in [2.24, 2.45) is 5.92 Å². The van der Waals surface area contributed by atoms with Crippen molar-refractivity contribution in [1.29, 1.82) is 0 Å². The molecule has 0 aliphatic heterocycles. The summed E-state index contributed by atoms with van der Waals surface area (Å²) in [6.45, 7) is 5.15. The van der Waals surface area contributed by atoms with E-state index >= 15 is 0 Å². The number of hydrogen-bond acceptors (Lipinski definition) is 1. The second-order valence-corrected chi connectivity index (χ2v) is 4.73. The maximum absolute atomic E-state index is 13.4. The van der Waals surface area contributed by atoms with Gasteiger partial charge in [0.2, 0.25) is 0 Å². The van der Waals surface area contributed by atoms with Crippen molar-refractivity contribution in [3.8, 4) is 0 Å². The molecule has 0 aliphatic rings. The fourth-order valence-corrected chi connectivity index (χ4v) is 2.02. The molecular formula is C12H17BrFN. The molecule has 3 heteroatoms. The van der Waals surface area contributed by atoms with Gasteiger partial charge in [0, 0.05) is 11.0 Å². The zero-order valence-electron chi connectivity index (χ0n) is 9.19. The van der Waals surface area contributed by atoms with Crippen LogP contribution in [0.2, 0.25) is 0 Å². The molecule has 1 nitrogen and oxygen atoms in total. The van der Waals surface area contributed by atoms with Crippen LogP contribution in [0.3, 0.4) is 0 Å². The number of hydrogen-bond donors (Lipinski definition) is 1. The van der Waals surface area contributed by atoms with E-state index in [4.69, 9.17) is 0 Å². The quantitative estimate of drug-likeness (QED) is 0.837. The summed E-state index contributed by atoms with van der Waals surface area (Å²) in [5, 5.41) is 3.14. The van der Waals surface area contributed by atoms with Crippen LogP contribution < -0.4 is 5.32 Å². The highest BCUT2D eigenvalue weighted by atomic mass is 79.9. The maximum atomic E-state index is 13.4. The van der Waals surface area contributed by atoms with E-state index in [2.05, 4.69) is 35.1 Å². The van der Waals surface area contributed by atoms with Crippen molar-refractivity contribution in [1.82, 2.24) is 0 Å². The predicted molar refractivity (Wildman–Crippen MR) is 66.7 cm³/mol. The lowest BCUT2D eigenvalue weighted by Crippen LogP contribution is -2.12. The van der Waals surface area contributed by atoms with Crippen LogP contribution in [0.15, 0.2) is 22.7 Å². The Morgan fingerprint density at radius 3 is 2.80 bits per heavy atom. The Hall–Kier alpha value is -0.570. The third-order valence-electron chi connectivity index (χ3n) is 2.37. The minimum absolute atomic E-state index is 0.201. The highest BCUT2D eigenvalue weighted by Crippen LogP contribution is 2.25. The summed E-state index contributed by atoms with van der Waals surface area (Å²) in [5.74, 6) is 0.370. The van der Waals surface area contributed by atoms with Gasteiger partial charge in [0.05, 0.1) is 5.69 Å². The van der Waals surface area contributed by atoms with E-state index in [0.717, 1.165) is 11.0 Å². The molecule has 0 saturated heterocycles. The topological polar surface area (TPSA) is 12.0 Å². The SMILES string of the molecule is CCCC(C)CNc1c(F)cccc1Br. The van der Waals surface area contributed by atoms with E-state index in [0.29, 0.717) is 11.6 Å². The van der Waals surface area contributed by atoms with Gasteiger partial charge in [0.25, 0.3) is 0 Å². The first kappa shape index (κ1) is 12.5. The molecule has 0 aromatic heterocycles. The van der Waals surface area contributed by atoms with Gasteiger partial charge in [-0.25, -0.2) is 4.39 Å². The lowest BCUT2D eigenvalue weighted by molar-refractivity contribution is 0.547. The largest absolute Gasteiger partial charge is 0.381 e. The van der Waals surface area contributed by atoms with Gasteiger partial charge in [-0.1, -0.05) is 26.3 Å². The number of nitrogens with one attached hydrogen (secondary N) is 1. The number of anilines is 1. The van der Waals surface area contributed by atoms with Crippen LogP contribution in [0.25, 0.3) is 0 Å². The molecule has 0 bridgehead atoms. The first-order chi connectivity index (χ1) is 7.15. The molecule has 0 fully saturated rings. The predicted octanol–water partition coefficient (Wildman–Crippen LogP) is 4.44. The Kier molecular flexibility index (Phi) is 5.09. The fraction of sp³-hybridized carbons (Fsp3) is 0.500. The van der Waals surface area contributed by atoms with E-state index in [-0.39, 0.29) is 5.82 Å². The third kappa shape index (κ3) is 3.82. The second-order valence-electron chi connectivity index (χ2n) is 3.87. The summed E-state index contributed by atoms with van der Waals surface area (Å²) >= 11 is 3.33.